The summed E-state index contributed by atoms with van der Waals surface area (Å²) in [7, 11) is 0. The minimum Gasteiger partial charge on any atom is -0.365 e. The summed E-state index contributed by atoms with van der Waals surface area (Å²) in [5.74, 6) is 0.623. The molecule has 1 heterocycles. The molecule has 1 atom stereocenters. The number of nitro groups is 1. The summed E-state index contributed by atoms with van der Waals surface area (Å²) in [5, 5.41) is 11.6. The van der Waals surface area contributed by atoms with E-state index in [0.717, 1.165) is 47.0 Å². The number of hydrogen-bond acceptors (Lipinski definition) is 4. The molecule has 0 bridgehead atoms. The van der Waals surface area contributed by atoms with Crippen LogP contribution >= 0.6 is 11.8 Å². The second-order valence-electron chi connectivity index (χ2n) is 6.59. The Morgan fingerprint density at radius 3 is 2.68 bits per heavy atom. The van der Waals surface area contributed by atoms with Gasteiger partial charge in [-0.15, -0.1) is 0 Å². The molecule has 0 aliphatic carbocycles. The first-order chi connectivity index (χ1) is 12.1. The van der Waals surface area contributed by atoms with Crippen LogP contribution in [0, 0.1) is 23.0 Å². The monoisotopic (exact) mass is 356 g/mol. The summed E-state index contributed by atoms with van der Waals surface area (Å²) in [6.07, 6.45) is 3.45. The van der Waals surface area contributed by atoms with Crippen LogP contribution in [0.4, 0.5) is 11.4 Å². The zero-order valence-corrected chi connectivity index (χ0v) is 15.6. The fourth-order valence-corrected chi connectivity index (χ4v) is 4.47. The molecule has 5 heteroatoms. The predicted octanol–water partition coefficient (Wildman–Crippen LogP) is 5.68. The Morgan fingerprint density at radius 2 is 2.00 bits per heavy atom. The van der Waals surface area contributed by atoms with Crippen LogP contribution in [0.3, 0.4) is 0 Å². The van der Waals surface area contributed by atoms with E-state index >= 15 is 0 Å². The lowest BCUT2D eigenvalue weighted by Gasteiger charge is -2.34. The van der Waals surface area contributed by atoms with Gasteiger partial charge >= 0.3 is 0 Å². The maximum Gasteiger partial charge on any atom is 0.292 e. The molecule has 0 amide bonds. The highest BCUT2D eigenvalue weighted by Crippen LogP contribution is 2.41. The van der Waals surface area contributed by atoms with Crippen molar-refractivity contribution in [3.05, 3.63) is 58.1 Å². The average molecular weight is 356 g/mol. The van der Waals surface area contributed by atoms with Crippen molar-refractivity contribution >= 4 is 23.1 Å². The Balaban J connectivity index is 1.99. The number of nitro benzene ring substituents is 1. The maximum absolute atomic E-state index is 11.6. The van der Waals surface area contributed by atoms with E-state index in [-0.39, 0.29) is 10.6 Å². The van der Waals surface area contributed by atoms with Crippen LogP contribution in [0.25, 0.3) is 0 Å². The Hall–Kier alpha value is -2.01. The summed E-state index contributed by atoms with van der Waals surface area (Å²) < 4.78 is 0. The van der Waals surface area contributed by atoms with Gasteiger partial charge in [-0.3, -0.25) is 10.1 Å². The van der Waals surface area contributed by atoms with Crippen molar-refractivity contribution in [2.24, 2.45) is 5.92 Å². The predicted molar refractivity (Wildman–Crippen MR) is 104 cm³/mol. The third kappa shape index (κ3) is 3.98. The van der Waals surface area contributed by atoms with E-state index in [1.54, 1.807) is 17.8 Å². The van der Waals surface area contributed by atoms with Crippen LogP contribution in [-0.2, 0) is 0 Å². The zero-order chi connectivity index (χ0) is 17.8. The summed E-state index contributed by atoms with van der Waals surface area (Å²) in [6.45, 7) is 6.04. The molecule has 0 unspecified atom stereocenters. The highest BCUT2D eigenvalue weighted by molar-refractivity contribution is 7.99. The third-order valence-corrected chi connectivity index (χ3v) is 6.11. The Kier molecular flexibility index (Phi) is 5.63. The topological polar surface area (TPSA) is 46.4 Å². The molecule has 25 heavy (non-hydrogen) atoms. The lowest BCUT2D eigenvalue weighted by Crippen LogP contribution is -2.36. The van der Waals surface area contributed by atoms with Crippen molar-refractivity contribution in [3.63, 3.8) is 0 Å². The number of benzene rings is 2. The summed E-state index contributed by atoms with van der Waals surface area (Å²) in [4.78, 5) is 15.8. The van der Waals surface area contributed by atoms with E-state index < -0.39 is 0 Å². The zero-order valence-electron chi connectivity index (χ0n) is 14.8. The number of anilines is 1. The van der Waals surface area contributed by atoms with Crippen molar-refractivity contribution < 1.29 is 4.92 Å². The Morgan fingerprint density at radius 1 is 1.24 bits per heavy atom. The van der Waals surface area contributed by atoms with Crippen molar-refractivity contribution in [1.29, 1.82) is 0 Å². The highest BCUT2D eigenvalue weighted by Gasteiger charge is 2.27. The van der Waals surface area contributed by atoms with Gasteiger partial charge in [-0.1, -0.05) is 43.3 Å². The van der Waals surface area contributed by atoms with Crippen LogP contribution in [0.5, 0.6) is 0 Å². The summed E-state index contributed by atoms with van der Waals surface area (Å²) in [6, 6.07) is 13.7. The minimum absolute atomic E-state index is 0.228. The Labute approximate surface area is 153 Å². The molecule has 2 aromatic rings. The van der Waals surface area contributed by atoms with Gasteiger partial charge in [0.05, 0.1) is 4.92 Å². The van der Waals surface area contributed by atoms with Gasteiger partial charge in [-0.05, 0) is 49.4 Å². The Bertz CT molecular complexity index is 749. The molecular formula is C20H24N2O2S. The fraction of sp³-hybridized carbons (Fsp3) is 0.400. The molecule has 2 aromatic carbocycles. The van der Waals surface area contributed by atoms with Gasteiger partial charge < -0.3 is 4.90 Å². The lowest BCUT2D eigenvalue weighted by atomic mass is 9.94. The SMILES string of the molecule is CC[C@@H]1CCCN(c2c([N+](=O)[O-])ccc(Sc3ccccc3)c2C)C1. The van der Waals surface area contributed by atoms with Gasteiger partial charge in [0, 0.05) is 28.9 Å². The minimum atomic E-state index is -0.241. The van der Waals surface area contributed by atoms with Crippen molar-refractivity contribution in [3.8, 4) is 0 Å². The van der Waals surface area contributed by atoms with E-state index in [4.69, 9.17) is 0 Å². The van der Waals surface area contributed by atoms with Crippen LogP contribution in [0.2, 0.25) is 0 Å². The quantitative estimate of drug-likeness (QED) is 0.511. The first kappa shape index (κ1) is 17.8. The van der Waals surface area contributed by atoms with Gasteiger partial charge in [0.15, 0.2) is 0 Å². The lowest BCUT2D eigenvalue weighted by molar-refractivity contribution is -0.384. The van der Waals surface area contributed by atoms with Gasteiger partial charge in [-0.25, -0.2) is 0 Å². The number of hydrogen-bond donors (Lipinski definition) is 0. The molecule has 4 nitrogen and oxygen atoms in total. The smallest absolute Gasteiger partial charge is 0.292 e. The van der Waals surface area contributed by atoms with Crippen molar-refractivity contribution in [2.45, 2.75) is 42.9 Å². The molecule has 1 saturated heterocycles. The van der Waals surface area contributed by atoms with E-state index in [2.05, 4.69) is 24.0 Å². The van der Waals surface area contributed by atoms with Crippen molar-refractivity contribution in [2.75, 3.05) is 18.0 Å². The van der Waals surface area contributed by atoms with Crippen LogP contribution < -0.4 is 4.90 Å². The normalized spacial score (nSPS) is 17.5. The highest BCUT2D eigenvalue weighted by atomic mass is 32.2. The van der Waals surface area contributed by atoms with Gasteiger partial charge in [0.1, 0.15) is 5.69 Å². The molecular weight excluding hydrogens is 332 g/mol. The van der Waals surface area contributed by atoms with Crippen LogP contribution in [0.15, 0.2) is 52.3 Å². The summed E-state index contributed by atoms with van der Waals surface area (Å²) in [5.41, 5.74) is 2.05. The molecule has 3 rings (SSSR count). The fourth-order valence-electron chi connectivity index (χ4n) is 3.54. The van der Waals surface area contributed by atoms with Crippen molar-refractivity contribution in [1.82, 2.24) is 0 Å². The van der Waals surface area contributed by atoms with Crippen LogP contribution in [0.1, 0.15) is 31.7 Å². The summed E-state index contributed by atoms with van der Waals surface area (Å²) >= 11 is 1.67. The maximum atomic E-state index is 11.6. The number of piperidine rings is 1. The van der Waals surface area contributed by atoms with Gasteiger partial charge in [0.25, 0.3) is 5.69 Å². The van der Waals surface area contributed by atoms with Gasteiger partial charge in [-0.2, -0.15) is 0 Å². The van der Waals surface area contributed by atoms with E-state index in [9.17, 15) is 10.1 Å². The molecule has 132 valence electrons. The molecule has 0 radical (unpaired) electrons. The molecule has 1 fully saturated rings. The molecule has 0 saturated carbocycles. The third-order valence-electron chi connectivity index (χ3n) is 4.94. The standard InChI is InChI=1S/C20H24N2O2S/c1-3-16-8-7-13-21(14-16)20-15(2)19(12-11-18(20)22(23)24)25-17-9-5-4-6-10-17/h4-6,9-12,16H,3,7-8,13-14H2,1-2H3/t16-/m1/s1. The number of rotatable bonds is 5. The first-order valence-corrected chi connectivity index (χ1v) is 9.67. The second kappa shape index (κ2) is 7.91. The molecule has 0 aromatic heterocycles. The van der Waals surface area contributed by atoms with E-state index in [0.29, 0.717) is 5.92 Å². The average Bonchev–Trinajstić information content (AvgIpc) is 2.64. The van der Waals surface area contributed by atoms with Gasteiger partial charge in [0.2, 0.25) is 0 Å². The first-order valence-electron chi connectivity index (χ1n) is 8.86. The molecule has 1 aliphatic rings. The molecule has 1 aliphatic heterocycles. The largest absolute Gasteiger partial charge is 0.365 e. The molecule has 0 N–H and O–H groups in total. The van der Waals surface area contributed by atoms with E-state index in [1.807, 2.05) is 31.2 Å². The second-order valence-corrected chi connectivity index (χ2v) is 7.71. The van der Waals surface area contributed by atoms with E-state index in [1.165, 1.54) is 6.42 Å². The molecule has 0 spiro atoms. The number of nitrogens with zero attached hydrogens (tertiary/aromatic N) is 2. The van der Waals surface area contributed by atoms with Crippen LogP contribution in [-0.4, -0.2) is 18.0 Å².